The fourth-order valence-corrected chi connectivity index (χ4v) is 4.91. The number of alkyl halides is 3. The van der Waals surface area contributed by atoms with E-state index in [1.54, 1.807) is 25.2 Å². The highest BCUT2D eigenvalue weighted by Gasteiger charge is 2.36. The summed E-state index contributed by atoms with van der Waals surface area (Å²) < 4.78 is 43.8. The molecule has 2 aliphatic heterocycles. The maximum absolute atomic E-state index is 13.1. The number of morpholine rings is 1. The zero-order valence-electron chi connectivity index (χ0n) is 22.1. The number of benzene rings is 1. The third kappa shape index (κ3) is 7.39. The molecule has 1 aromatic carbocycles. The minimum Gasteiger partial charge on any atom is -0.395 e. The van der Waals surface area contributed by atoms with Crippen LogP contribution >= 0.6 is 0 Å². The van der Waals surface area contributed by atoms with Crippen molar-refractivity contribution in [1.29, 1.82) is 0 Å². The van der Waals surface area contributed by atoms with E-state index >= 15 is 0 Å². The molecule has 2 fully saturated rings. The highest BCUT2D eigenvalue weighted by atomic mass is 19.4. The van der Waals surface area contributed by atoms with Crippen molar-refractivity contribution in [3.8, 4) is 11.1 Å². The number of urea groups is 1. The smallest absolute Gasteiger partial charge is 0.389 e. The highest BCUT2D eigenvalue weighted by molar-refractivity contribution is 5.95. The Kier molecular flexibility index (Phi) is 8.96. The first-order valence-corrected chi connectivity index (χ1v) is 13.0. The quantitative estimate of drug-likeness (QED) is 0.546. The molecule has 2 aromatic rings. The van der Waals surface area contributed by atoms with E-state index < -0.39 is 24.5 Å². The van der Waals surface area contributed by atoms with E-state index in [1.165, 1.54) is 9.80 Å². The van der Waals surface area contributed by atoms with Gasteiger partial charge in [-0.3, -0.25) is 4.79 Å². The van der Waals surface area contributed by atoms with Crippen molar-refractivity contribution in [3.05, 3.63) is 41.6 Å². The third-order valence-electron chi connectivity index (χ3n) is 7.04. The van der Waals surface area contributed by atoms with Crippen LogP contribution in [0.15, 0.2) is 30.3 Å². The van der Waals surface area contributed by atoms with Crippen molar-refractivity contribution in [2.24, 2.45) is 5.92 Å². The Morgan fingerprint density at radius 3 is 2.62 bits per heavy atom. The predicted molar refractivity (Wildman–Crippen MR) is 141 cm³/mol. The van der Waals surface area contributed by atoms with Gasteiger partial charge in [0.2, 0.25) is 0 Å². The number of likely N-dealkylation sites (N-methyl/N-ethyl adjacent to an activating group) is 1. The van der Waals surface area contributed by atoms with Crippen LogP contribution in [0.2, 0.25) is 0 Å². The van der Waals surface area contributed by atoms with E-state index in [4.69, 9.17) is 4.74 Å². The maximum Gasteiger partial charge on any atom is 0.389 e. The first kappa shape index (κ1) is 28.6. The number of likely N-dealkylation sites (tertiary alicyclic amines) is 1. The molecule has 0 radical (unpaired) electrons. The van der Waals surface area contributed by atoms with Crippen molar-refractivity contribution < 1.29 is 32.6 Å². The number of aryl methyl sites for hydroxylation is 1. The average molecular weight is 550 g/mol. The van der Waals surface area contributed by atoms with Crippen molar-refractivity contribution in [3.63, 3.8) is 0 Å². The lowest BCUT2D eigenvalue weighted by Crippen LogP contribution is -2.37. The molecule has 0 aliphatic carbocycles. The number of ether oxygens (including phenoxy) is 1. The average Bonchev–Trinajstić information content (AvgIpc) is 3.36. The van der Waals surface area contributed by atoms with Crippen LogP contribution in [0.1, 0.15) is 28.9 Å². The molecular formula is C27H34F3N5O4. The highest BCUT2D eigenvalue weighted by Crippen LogP contribution is 2.32. The molecule has 3 amide bonds. The number of aliphatic hydroxyl groups is 1. The number of nitrogens with one attached hydrogen (secondary N) is 1. The Morgan fingerprint density at radius 2 is 1.92 bits per heavy atom. The standard InChI is InChI=1S/C27H34F3N5O4/c1-18-3-4-21(31-26(38)35-6-5-19(17-35)16-27(28,29)30)15-22(18)20-13-23(25(37)33(2)7-10-36)32-24(14-20)34-8-11-39-12-9-34/h3-4,13-15,19,36H,5-12,16-17H2,1-2H3,(H,31,38)/t19-/m0/s1. The molecule has 4 rings (SSSR count). The molecule has 0 bridgehead atoms. The van der Waals surface area contributed by atoms with E-state index in [0.717, 1.165) is 16.7 Å². The lowest BCUT2D eigenvalue weighted by molar-refractivity contribution is -0.143. The molecule has 1 atom stereocenters. The van der Waals surface area contributed by atoms with Crippen molar-refractivity contribution in [2.75, 3.05) is 69.8 Å². The van der Waals surface area contributed by atoms with E-state index in [-0.39, 0.29) is 37.8 Å². The number of pyridine rings is 1. The summed E-state index contributed by atoms with van der Waals surface area (Å²) in [6.07, 6.45) is -4.83. The van der Waals surface area contributed by atoms with E-state index in [2.05, 4.69) is 10.3 Å². The van der Waals surface area contributed by atoms with E-state index in [0.29, 0.717) is 44.2 Å². The second-order valence-corrected chi connectivity index (χ2v) is 10.0. The van der Waals surface area contributed by atoms with Crippen LogP contribution < -0.4 is 10.2 Å². The van der Waals surface area contributed by atoms with Gasteiger partial charge in [0.05, 0.1) is 19.8 Å². The van der Waals surface area contributed by atoms with Crippen LogP contribution in [0.4, 0.5) is 29.5 Å². The molecule has 2 saturated heterocycles. The van der Waals surface area contributed by atoms with Gasteiger partial charge in [-0.25, -0.2) is 9.78 Å². The SMILES string of the molecule is Cc1ccc(NC(=O)N2CC[C@@H](CC(F)(F)F)C2)cc1-c1cc(C(=O)N(C)CCO)nc(N2CCOCC2)c1. The predicted octanol–water partition coefficient (Wildman–Crippen LogP) is 3.76. The van der Waals surface area contributed by atoms with Gasteiger partial charge in [-0.05, 0) is 60.2 Å². The summed E-state index contributed by atoms with van der Waals surface area (Å²) in [6, 6.07) is 8.52. The number of amides is 3. The number of halogens is 3. The molecule has 0 unspecified atom stereocenters. The summed E-state index contributed by atoms with van der Waals surface area (Å²) in [7, 11) is 1.60. The number of anilines is 2. The lowest BCUT2D eigenvalue weighted by Gasteiger charge is -2.29. The monoisotopic (exact) mass is 549 g/mol. The van der Waals surface area contributed by atoms with Crippen LogP contribution in [0.5, 0.6) is 0 Å². The summed E-state index contributed by atoms with van der Waals surface area (Å²) in [5.74, 6) is -0.303. The second kappa shape index (κ2) is 12.2. The summed E-state index contributed by atoms with van der Waals surface area (Å²) in [6.45, 7) is 4.56. The topological polar surface area (TPSA) is 98.2 Å². The van der Waals surface area contributed by atoms with Gasteiger partial charge >= 0.3 is 12.2 Å². The van der Waals surface area contributed by atoms with Gasteiger partial charge in [-0.2, -0.15) is 13.2 Å². The number of carbonyl (C=O) groups excluding carboxylic acids is 2. The molecule has 12 heteroatoms. The number of rotatable bonds is 7. The Balaban J connectivity index is 1.59. The fraction of sp³-hybridized carbons (Fsp3) is 0.519. The van der Waals surface area contributed by atoms with Crippen LogP contribution in [0, 0.1) is 12.8 Å². The van der Waals surface area contributed by atoms with Gasteiger partial charge in [0.25, 0.3) is 5.91 Å². The largest absolute Gasteiger partial charge is 0.395 e. The molecule has 1 aromatic heterocycles. The van der Waals surface area contributed by atoms with Gasteiger partial charge in [0.1, 0.15) is 11.5 Å². The van der Waals surface area contributed by atoms with Gasteiger partial charge in [-0.15, -0.1) is 0 Å². The summed E-state index contributed by atoms with van der Waals surface area (Å²) >= 11 is 0. The normalized spacial score (nSPS) is 17.8. The molecule has 0 saturated carbocycles. The maximum atomic E-state index is 13.1. The first-order valence-electron chi connectivity index (χ1n) is 13.0. The molecular weight excluding hydrogens is 515 g/mol. The zero-order chi connectivity index (χ0) is 28.2. The Morgan fingerprint density at radius 1 is 1.18 bits per heavy atom. The number of hydrogen-bond acceptors (Lipinski definition) is 6. The zero-order valence-corrected chi connectivity index (χ0v) is 22.1. The van der Waals surface area contributed by atoms with Crippen molar-refractivity contribution >= 4 is 23.4 Å². The summed E-state index contributed by atoms with van der Waals surface area (Å²) in [5.41, 5.74) is 3.13. The number of nitrogens with zero attached hydrogens (tertiary/aromatic N) is 4. The van der Waals surface area contributed by atoms with Gasteiger partial charge in [0, 0.05) is 51.9 Å². The second-order valence-electron chi connectivity index (χ2n) is 10.0. The van der Waals surface area contributed by atoms with E-state index in [9.17, 15) is 27.9 Å². The van der Waals surface area contributed by atoms with Gasteiger partial charge in [-0.1, -0.05) is 6.07 Å². The van der Waals surface area contributed by atoms with Crippen LogP contribution in [0.3, 0.4) is 0 Å². The molecule has 2 N–H and O–H groups in total. The number of carbonyl (C=O) groups is 2. The summed E-state index contributed by atoms with van der Waals surface area (Å²) in [5, 5.41) is 12.1. The molecule has 9 nitrogen and oxygen atoms in total. The third-order valence-corrected chi connectivity index (χ3v) is 7.04. The Labute approximate surface area is 225 Å². The van der Waals surface area contributed by atoms with Crippen LogP contribution in [0.25, 0.3) is 11.1 Å². The minimum absolute atomic E-state index is 0.0597. The molecule has 2 aliphatic rings. The number of aromatic nitrogens is 1. The van der Waals surface area contributed by atoms with Crippen LogP contribution in [-0.2, 0) is 4.74 Å². The number of hydrogen-bond donors (Lipinski definition) is 2. The van der Waals surface area contributed by atoms with Crippen molar-refractivity contribution in [1.82, 2.24) is 14.8 Å². The lowest BCUT2D eigenvalue weighted by atomic mass is 9.99. The van der Waals surface area contributed by atoms with Gasteiger partial charge < -0.3 is 29.9 Å². The molecule has 212 valence electrons. The molecule has 3 heterocycles. The Bertz CT molecular complexity index is 1190. The Hall–Kier alpha value is -3.38. The van der Waals surface area contributed by atoms with Gasteiger partial charge in [0.15, 0.2) is 0 Å². The minimum atomic E-state index is -4.25. The fourth-order valence-electron chi connectivity index (χ4n) is 4.91. The van der Waals surface area contributed by atoms with Crippen molar-refractivity contribution in [2.45, 2.75) is 25.9 Å². The van der Waals surface area contributed by atoms with E-state index in [1.807, 2.05) is 24.0 Å². The number of aliphatic hydroxyl groups excluding tert-OH is 1. The molecule has 0 spiro atoms. The van der Waals surface area contributed by atoms with Crippen LogP contribution in [-0.4, -0.2) is 97.6 Å². The first-order chi connectivity index (χ1) is 18.5. The summed E-state index contributed by atoms with van der Waals surface area (Å²) in [4.78, 5) is 35.4. The molecule has 39 heavy (non-hydrogen) atoms.